The van der Waals surface area contributed by atoms with E-state index in [0.717, 1.165) is 25.0 Å². The lowest BCUT2D eigenvalue weighted by Crippen LogP contribution is -2.36. The molecular weight excluding hydrogens is 238 g/mol. The second-order valence-electron chi connectivity index (χ2n) is 6.39. The summed E-state index contributed by atoms with van der Waals surface area (Å²) in [6.45, 7) is 6.95. The first-order valence-corrected chi connectivity index (χ1v) is 6.82. The Hall–Kier alpha value is -1.48. The molecule has 3 rings (SSSR count). The number of hydrogen-bond donors (Lipinski definition) is 1. The number of rotatable bonds is 2. The van der Waals surface area contributed by atoms with Crippen molar-refractivity contribution >= 4 is 0 Å². The van der Waals surface area contributed by atoms with E-state index in [1.807, 2.05) is 23.1 Å². The SMILES string of the molecule is CC1(C)CN2C(O)=C(Cc3ccccc3)CC2(C)O1. The van der Waals surface area contributed by atoms with Crippen LogP contribution in [0.3, 0.4) is 0 Å². The van der Waals surface area contributed by atoms with E-state index in [1.165, 1.54) is 5.56 Å². The van der Waals surface area contributed by atoms with Gasteiger partial charge in [-0.2, -0.15) is 0 Å². The summed E-state index contributed by atoms with van der Waals surface area (Å²) in [7, 11) is 0. The Morgan fingerprint density at radius 1 is 1.21 bits per heavy atom. The van der Waals surface area contributed by atoms with Gasteiger partial charge in [0, 0.05) is 6.42 Å². The molecule has 2 aliphatic heterocycles. The van der Waals surface area contributed by atoms with Gasteiger partial charge in [0.25, 0.3) is 0 Å². The molecule has 1 atom stereocenters. The van der Waals surface area contributed by atoms with Crippen molar-refractivity contribution in [1.82, 2.24) is 4.90 Å². The largest absolute Gasteiger partial charge is 0.495 e. The second-order valence-corrected chi connectivity index (χ2v) is 6.39. The van der Waals surface area contributed by atoms with Crippen LogP contribution in [0.1, 0.15) is 32.8 Å². The zero-order valence-electron chi connectivity index (χ0n) is 11.8. The number of benzene rings is 1. The molecule has 1 saturated heterocycles. The van der Waals surface area contributed by atoms with Crippen molar-refractivity contribution < 1.29 is 9.84 Å². The number of hydrogen-bond acceptors (Lipinski definition) is 3. The normalized spacial score (nSPS) is 28.9. The molecule has 1 fully saturated rings. The first kappa shape index (κ1) is 12.5. The van der Waals surface area contributed by atoms with Crippen molar-refractivity contribution in [3.63, 3.8) is 0 Å². The molecule has 0 aromatic heterocycles. The molecular formula is C16H21NO2. The van der Waals surface area contributed by atoms with Crippen LogP contribution in [-0.4, -0.2) is 27.9 Å². The van der Waals surface area contributed by atoms with Crippen LogP contribution in [0.4, 0.5) is 0 Å². The minimum absolute atomic E-state index is 0.193. The second kappa shape index (κ2) is 4.01. The number of aliphatic hydroxyl groups excluding tert-OH is 1. The highest BCUT2D eigenvalue weighted by Crippen LogP contribution is 2.46. The van der Waals surface area contributed by atoms with Gasteiger partial charge in [-0.05, 0) is 38.3 Å². The van der Waals surface area contributed by atoms with Gasteiger partial charge >= 0.3 is 0 Å². The van der Waals surface area contributed by atoms with Crippen LogP contribution in [-0.2, 0) is 11.2 Å². The third kappa shape index (κ3) is 2.12. The fourth-order valence-electron chi connectivity index (χ4n) is 3.31. The Labute approximate surface area is 114 Å². The molecule has 1 N–H and O–H groups in total. The van der Waals surface area contributed by atoms with Crippen molar-refractivity contribution in [2.75, 3.05) is 6.54 Å². The molecule has 19 heavy (non-hydrogen) atoms. The predicted octanol–water partition coefficient (Wildman–Crippen LogP) is 3.23. The number of fused-ring (bicyclic) bond motifs is 1. The molecule has 0 amide bonds. The minimum Gasteiger partial charge on any atom is -0.495 e. The Bertz CT molecular complexity index is 521. The number of aliphatic hydroxyl groups is 1. The van der Waals surface area contributed by atoms with Gasteiger partial charge in [0.15, 0.2) is 5.88 Å². The van der Waals surface area contributed by atoms with Crippen LogP contribution in [0.15, 0.2) is 41.8 Å². The smallest absolute Gasteiger partial charge is 0.188 e. The summed E-state index contributed by atoms with van der Waals surface area (Å²) >= 11 is 0. The monoisotopic (exact) mass is 259 g/mol. The summed E-state index contributed by atoms with van der Waals surface area (Å²) < 4.78 is 6.12. The molecule has 1 aromatic carbocycles. The lowest BCUT2D eigenvalue weighted by atomic mass is 10.0. The van der Waals surface area contributed by atoms with Gasteiger partial charge in [0.05, 0.1) is 12.1 Å². The van der Waals surface area contributed by atoms with Gasteiger partial charge in [-0.25, -0.2) is 0 Å². The molecule has 0 aliphatic carbocycles. The standard InChI is InChI=1S/C16H21NO2/c1-15(2)11-17-14(18)13(10-16(17,3)19-15)9-12-7-5-4-6-8-12/h4-8,18H,9-11H2,1-3H3. The molecule has 1 unspecified atom stereocenters. The van der Waals surface area contributed by atoms with E-state index in [2.05, 4.69) is 32.9 Å². The van der Waals surface area contributed by atoms with Gasteiger partial charge in [-0.1, -0.05) is 30.3 Å². The molecule has 2 heterocycles. The van der Waals surface area contributed by atoms with E-state index >= 15 is 0 Å². The lowest BCUT2D eigenvalue weighted by Gasteiger charge is -2.28. The third-order valence-electron chi connectivity index (χ3n) is 3.98. The predicted molar refractivity (Wildman–Crippen MR) is 74.7 cm³/mol. The highest BCUT2D eigenvalue weighted by atomic mass is 16.6. The Kier molecular flexibility index (Phi) is 2.65. The van der Waals surface area contributed by atoms with Crippen LogP contribution in [0.2, 0.25) is 0 Å². The molecule has 3 heteroatoms. The van der Waals surface area contributed by atoms with Crippen molar-refractivity contribution in [2.24, 2.45) is 0 Å². The Balaban J connectivity index is 1.84. The van der Waals surface area contributed by atoms with Crippen molar-refractivity contribution in [3.05, 3.63) is 47.4 Å². The topological polar surface area (TPSA) is 32.7 Å². The molecule has 0 spiro atoms. The van der Waals surface area contributed by atoms with Gasteiger partial charge in [0.2, 0.25) is 0 Å². The molecule has 0 radical (unpaired) electrons. The van der Waals surface area contributed by atoms with Gasteiger partial charge < -0.3 is 14.7 Å². The van der Waals surface area contributed by atoms with E-state index < -0.39 is 0 Å². The number of ether oxygens (including phenoxy) is 1. The third-order valence-corrected chi connectivity index (χ3v) is 3.98. The minimum atomic E-state index is -0.377. The molecule has 2 aliphatic rings. The summed E-state index contributed by atoms with van der Waals surface area (Å²) in [5.74, 6) is 0.414. The highest BCUT2D eigenvalue weighted by Gasteiger charge is 2.52. The molecule has 3 nitrogen and oxygen atoms in total. The maximum atomic E-state index is 10.4. The van der Waals surface area contributed by atoms with E-state index in [4.69, 9.17) is 4.74 Å². The van der Waals surface area contributed by atoms with Crippen LogP contribution >= 0.6 is 0 Å². The lowest BCUT2D eigenvalue weighted by molar-refractivity contribution is -0.105. The zero-order valence-corrected chi connectivity index (χ0v) is 11.8. The molecule has 102 valence electrons. The summed E-state index contributed by atoms with van der Waals surface area (Å²) in [5.41, 5.74) is 1.73. The van der Waals surface area contributed by atoms with Crippen molar-refractivity contribution in [2.45, 2.75) is 44.9 Å². The van der Waals surface area contributed by atoms with Crippen molar-refractivity contribution in [3.8, 4) is 0 Å². The fourth-order valence-corrected chi connectivity index (χ4v) is 3.31. The summed E-state index contributed by atoms with van der Waals surface area (Å²) in [6.07, 6.45) is 1.57. The van der Waals surface area contributed by atoms with Crippen LogP contribution < -0.4 is 0 Å². The number of nitrogens with zero attached hydrogens (tertiary/aromatic N) is 1. The first-order chi connectivity index (χ1) is 8.90. The van der Waals surface area contributed by atoms with Crippen LogP contribution in [0.5, 0.6) is 0 Å². The first-order valence-electron chi connectivity index (χ1n) is 6.82. The average Bonchev–Trinajstić information content (AvgIpc) is 2.69. The van der Waals surface area contributed by atoms with Gasteiger partial charge in [-0.3, -0.25) is 0 Å². The van der Waals surface area contributed by atoms with Crippen LogP contribution in [0, 0.1) is 0 Å². The summed E-state index contributed by atoms with van der Waals surface area (Å²) in [5, 5.41) is 10.4. The highest BCUT2D eigenvalue weighted by molar-refractivity contribution is 5.29. The van der Waals surface area contributed by atoms with E-state index in [0.29, 0.717) is 5.88 Å². The maximum Gasteiger partial charge on any atom is 0.188 e. The van der Waals surface area contributed by atoms with Gasteiger partial charge in [0.1, 0.15) is 5.72 Å². The van der Waals surface area contributed by atoms with E-state index in [-0.39, 0.29) is 11.3 Å². The molecule has 0 bridgehead atoms. The molecule has 0 saturated carbocycles. The Morgan fingerprint density at radius 2 is 1.89 bits per heavy atom. The summed E-state index contributed by atoms with van der Waals surface area (Å²) in [4.78, 5) is 2.01. The Morgan fingerprint density at radius 3 is 2.53 bits per heavy atom. The average molecular weight is 259 g/mol. The van der Waals surface area contributed by atoms with Crippen molar-refractivity contribution in [1.29, 1.82) is 0 Å². The molecule has 1 aromatic rings. The maximum absolute atomic E-state index is 10.4. The summed E-state index contributed by atoms with van der Waals surface area (Å²) in [6, 6.07) is 10.3. The van der Waals surface area contributed by atoms with E-state index in [9.17, 15) is 5.11 Å². The van der Waals surface area contributed by atoms with Gasteiger partial charge in [-0.15, -0.1) is 0 Å². The zero-order chi connectivity index (χ0) is 13.7. The quantitative estimate of drug-likeness (QED) is 0.885. The van der Waals surface area contributed by atoms with Crippen LogP contribution in [0.25, 0.3) is 0 Å². The van der Waals surface area contributed by atoms with E-state index in [1.54, 1.807) is 0 Å². The fraction of sp³-hybridized carbons (Fsp3) is 0.500.